The molecule has 0 fully saturated rings. The van der Waals surface area contributed by atoms with Crippen molar-refractivity contribution in [3.63, 3.8) is 0 Å². The third-order valence-corrected chi connectivity index (χ3v) is 5.40. The van der Waals surface area contributed by atoms with Gasteiger partial charge in [-0.15, -0.1) is 0 Å². The van der Waals surface area contributed by atoms with Gasteiger partial charge < -0.3 is 28.9 Å². The highest BCUT2D eigenvalue weighted by molar-refractivity contribution is 7.40. The Kier molecular flexibility index (Phi) is 17.1. The quantitative estimate of drug-likeness (QED) is 0.115. The van der Waals surface area contributed by atoms with Crippen LogP contribution in [0.4, 0.5) is 0 Å². The molecular weight excluding hydrogens is 397 g/mol. The summed E-state index contributed by atoms with van der Waals surface area (Å²) in [6.07, 6.45) is 8.74. The van der Waals surface area contributed by atoms with E-state index in [4.69, 9.17) is 18.9 Å². The molecule has 0 heterocycles. The molecule has 0 aliphatic rings. The fraction of sp³-hybridized carbons (Fsp3) is 0.950. The number of aliphatic hydroxyl groups is 1. The Labute approximate surface area is 177 Å². The zero-order chi connectivity index (χ0) is 22.1. The Hall–Kier alpha value is -0.340. The summed E-state index contributed by atoms with van der Waals surface area (Å²) in [7, 11) is 2.85. The summed E-state index contributed by atoms with van der Waals surface area (Å²) in [5.74, 6) is -1.12. The summed E-state index contributed by atoms with van der Waals surface area (Å²) in [5, 5.41) is 19.2. The molecule has 0 aromatic rings. The molecule has 0 aliphatic carbocycles. The molecule has 0 aromatic carbocycles. The molecule has 0 bridgehead atoms. The van der Waals surface area contributed by atoms with Crippen LogP contribution < -0.4 is 0 Å². The Morgan fingerprint density at radius 3 is 2.00 bits per heavy atom. The number of carboxylic acids is 1. The van der Waals surface area contributed by atoms with E-state index in [1.165, 1.54) is 44.9 Å². The minimum Gasteiger partial charge on any atom is -0.481 e. The molecule has 3 atom stereocenters. The van der Waals surface area contributed by atoms with Crippen LogP contribution in [-0.2, 0) is 18.6 Å². The maximum atomic E-state index is 11.0. The summed E-state index contributed by atoms with van der Waals surface area (Å²) in [6.45, 7) is 3.37. The van der Waals surface area contributed by atoms with E-state index < -0.39 is 33.3 Å². The van der Waals surface area contributed by atoms with Gasteiger partial charge in [-0.2, -0.15) is 0 Å². The molecule has 0 spiro atoms. The molecule has 0 saturated carbocycles. The van der Waals surface area contributed by atoms with Gasteiger partial charge in [0.05, 0.1) is 40.8 Å². The van der Waals surface area contributed by atoms with Crippen LogP contribution in [0.1, 0.15) is 71.1 Å². The molecule has 0 aliphatic heterocycles. The number of likely N-dealkylation sites (N-methyl/N-ethyl adjacent to an activating group) is 1. The van der Waals surface area contributed by atoms with Crippen molar-refractivity contribution in [3.05, 3.63) is 0 Å². The lowest BCUT2D eigenvalue weighted by molar-refractivity contribution is -0.922. The highest BCUT2D eigenvalue weighted by atomic mass is 31.2. The third kappa shape index (κ3) is 17.1. The van der Waals surface area contributed by atoms with Crippen LogP contribution in [0.15, 0.2) is 0 Å². The number of carbonyl (C=O) groups is 1. The standard InChI is InChI=1S/C20H42NO7P/c1-5-6-7-8-9-10-11-12-13-14-26-15-16-27-29(25)28-18(17-19(22)23)20(24)21(2,3)4/h18,20,24-25H,5-17H2,1-4H3/p+1. The van der Waals surface area contributed by atoms with Gasteiger partial charge in [0.15, 0.2) is 6.10 Å². The number of nitrogens with zero attached hydrogens (tertiary/aromatic N) is 1. The summed E-state index contributed by atoms with van der Waals surface area (Å²) < 4.78 is 16.0. The van der Waals surface area contributed by atoms with E-state index in [9.17, 15) is 14.8 Å². The highest BCUT2D eigenvalue weighted by Crippen LogP contribution is 2.36. The number of aliphatic carboxylic acids is 1. The molecule has 9 heteroatoms. The lowest BCUT2D eigenvalue weighted by atomic mass is 10.1. The van der Waals surface area contributed by atoms with Gasteiger partial charge in [0.2, 0.25) is 6.23 Å². The van der Waals surface area contributed by atoms with Crippen LogP contribution in [0.3, 0.4) is 0 Å². The molecule has 0 radical (unpaired) electrons. The molecule has 0 rings (SSSR count). The number of hydrogen-bond donors (Lipinski definition) is 3. The minimum atomic E-state index is -2.28. The van der Waals surface area contributed by atoms with Crippen LogP contribution in [0, 0.1) is 0 Å². The van der Waals surface area contributed by atoms with Crippen molar-refractivity contribution < 1.29 is 38.2 Å². The van der Waals surface area contributed by atoms with Crippen LogP contribution in [-0.4, -0.2) is 78.9 Å². The van der Waals surface area contributed by atoms with Crippen molar-refractivity contribution in [2.24, 2.45) is 0 Å². The van der Waals surface area contributed by atoms with Crippen LogP contribution >= 0.6 is 8.60 Å². The molecule has 3 unspecified atom stereocenters. The largest absolute Gasteiger partial charge is 0.481 e. The third-order valence-electron chi connectivity index (χ3n) is 4.55. The number of quaternary nitrogens is 1. The van der Waals surface area contributed by atoms with Gasteiger partial charge in [-0.1, -0.05) is 58.3 Å². The van der Waals surface area contributed by atoms with Crippen molar-refractivity contribution in [2.75, 3.05) is 41.0 Å². The van der Waals surface area contributed by atoms with E-state index >= 15 is 0 Å². The highest BCUT2D eigenvalue weighted by Gasteiger charge is 2.35. The van der Waals surface area contributed by atoms with Crippen LogP contribution in [0.5, 0.6) is 0 Å². The first-order valence-corrected chi connectivity index (χ1v) is 11.9. The van der Waals surface area contributed by atoms with Crippen LogP contribution in [0.2, 0.25) is 0 Å². The lowest BCUT2D eigenvalue weighted by Gasteiger charge is -2.34. The second kappa shape index (κ2) is 17.4. The molecule has 3 N–H and O–H groups in total. The molecular formula is C20H43NO7P+. The Morgan fingerprint density at radius 1 is 0.931 bits per heavy atom. The summed E-state index contributed by atoms with van der Waals surface area (Å²) in [5.41, 5.74) is 0. The van der Waals surface area contributed by atoms with Crippen molar-refractivity contribution in [2.45, 2.75) is 83.5 Å². The van der Waals surface area contributed by atoms with E-state index in [1.807, 2.05) is 0 Å². The van der Waals surface area contributed by atoms with Gasteiger partial charge in [-0.3, -0.25) is 9.32 Å². The van der Waals surface area contributed by atoms with E-state index in [0.717, 1.165) is 12.8 Å². The predicted molar refractivity (Wildman–Crippen MR) is 114 cm³/mol. The van der Waals surface area contributed by atoms with E-state index in [1.54, 1.807) is 21.1 Å². The first-order valence-electron chi connectivity index (χ1n) is 10.8. The fourth-order valence-corrected chi connectivity index (χ4v) is 3.51. The van der Waals surface area contributed by atoms with E-state index in [2.05, 4.69) is 6.92 Å². The average Bonchev–Trinajstić information content (AvgIpc) is 2.63. The Morgan fingerprint density at radius 2 is 1.48 bits per heavy atom. The van der Waals surface area contributed by atoms with Gasteiger partial charge >= 0.3 is 14.6 Å². The topological polar surface area (TPSA) is 105 Å². The monoisotopic (exact) mass is 440 g/mol. The fourth-order valence-electron chi connectivity index (χ4n) is 2.81. The second-order valence-electron chi connectivity index (χ2n) is 8.28. The Bertz CT molecular complexity index is 407. The number of rotatable bonds is 20. The minimum absolute atomic E-state index is 0.0863. The number of unbranched alkanes of at least 4 members (excludes halogenated alkanes) is 8. The predicted octanol–water partition coefficient (Wildman–Crippen LogP) is 3.65. The van der Waals surface area contributed by atoms with Crippen molar-refractivity contribution in [3.8, 4) is 0 Å². The second-order valence-corrected chi connectivity index (χ2v) is 9.23. The van der Waals surface area contributed by atoms with Crippen molar-refractivity contribution in [1.82, 2.24) is 0 Å². The van der Waals surface area contributed by atoms with Gasteiger partial charge in [-0.25, -0.2) is 0 Å². The van der Waals surface area contributed by atoms with E-state index in [0.29, 0.717) is 13.2 Å². The first kappa shape index (κ1) is 28.7. The maximum absolute atomic E-state index is 11.0. The molecule has 0 saturated heterocycles. The molecule has 0 amide bonds. The zero-order valence-electron chi connectivity index (χ0n) is 18.7. The molecule has 0 aromatic heterocycles. The van der Waals surface area contributed by atoms with Gasteiger partial charge in [0.1, 0.15) is 0 Å². The molecule has 174 valence electrons. The van der Waals surface area contributed by atoms with Gasteiger partial charge in [-0.05, 0) is 6.42 Å². The molecule has 29 heavy (non-hydrogen) atoms. The average molecular weight is 441 g/mol. The number of hydrogen-bond acceptors (Lipinski definition) is 6. The number of aliphatic hydroxyl groups excluding tert-OH is 1. The number of ether oxygens (including phenoxy) is 1. The smallest absolute Gasteiger partial charge is 0.330 e. The van der Waals surface area contributed by atoms with Crippen LogP contribution in [0.25, 0.3) is 0 Å². The normalized spacial score (nSPS) is 15.2. The van der Waals surface area contributed by atoms with E-state index in [-0.39, 0.29) is 11.1 Å². The summed E-state index contributed by atoms with van der Waals surface area (Å²) in [4.78, 5) is 20.9. The maximum Gasteiger partial charge on any atom is 0.330 e. The van der Waals surface area contributed by atoms with Gasteiger partial charge in [0.25, 0.3) is 0 Å². The molecule has 8 nitrogen and oxygen atoms in total. The number of carboxylic acid groups (broad SMARTS) is 1. The summed E-state index contributed by atoms with van der Waals surface area (Å²) >= 11 is 0. The van der Waals surface area contributed by atoms with Gasteiger partial charge in [0, 0.05) is 6.61 Å². The van der Waals surface area contributed by atoms with Crippen molar-refractivity contribution in [1.29, 1.82) is 0 Å². The zero-order valence-corrected chi connectivity index (χ0v) is 19.6. The Balaban J connectivity index is 3.76. The SMILES string of the molecule is CCCCCCCCCCCOCCOP(O)OC(CC(=O)O)C(O)[N+](C)(C)C. The van der Waals surface area contributed by atoms with Crippen molar-refractivity contribution >= 4 is 14.6 Å². The first-order chi connectivity index (χ1) is 13.7. The lowest BCUT2D eigenvalue weighted by Crippen LogP contribution is -2.52. The summed E-state index contributed by atoms with van der Waals surface area (Å²) in [6, 6.07) is 0.